The van der Waals surface area contributed by atoms with E-state index in [4.69, 9.17) is 34.3 Å². The highest BCUT2D eigenvalue weighted by Gasteiger charge is 2.17. The number of rotatable bonds is 7. The lowest BCUT2D eigenvalue weighted by molar-refractivity contribution is 0.196. The summed E-state index contributed by atoms with van der Waals surface area (Å²) in [6.45, 7) is 0.764. The number of ether oxygens (including phenoxy) is 1. The minimum Gasteiger partial charge on any atom is -0.389 e. The van der Waals surface area contributed by atoms with Gasteiger partial charge in [-0.05, 0) is 18.6 Å². The van der Waals surface area contributed by atoms with Gasteiger partial charge >= 0.3 is 0 Å². The minimum atomic E-state index is -3.64. The van der Waals surface area contributed by atoms with Crippen molar-refractivity contribution in [2.45, 2.75) is 11.3 Å². The zero-order valence-corrected chi connectivity index (χ0v) is 12.7. The molecule has 0 heterocycles. The molecule has 0 saturated carbocycles. The van der Waals surface area contributed by atoms with E-state index < -0.39 is 10.0 Å². The van der Waals surface area contributed by atoms with Crippen LogP contribution in [-0.4, -0.2) is 33.7 Å². The molecule has 106 valence electrons. The summed E-state index contributed by atoms with van der Waals surface area (Å²) < 4.78 is 31.3. The van der Waals surface area contributed by atoms with Crippen LogP contribution < -0.4 is 10.5 Å². The number of sulfonamides is 1. The Morgan fingerprint density at radius 3 is 2.74 bits per heavy atom. The van der Waals surface area contributed by atoms with Gasteiger partial charge in [-0.25, -0.2) is 13.1 Å². The van der Waals surface area contributed by atoms with Crippen LogP contribution in [0.1, 0.15) is 12.0 Å². The van der Waals surface area contributed by atoms with E-state index in [1.807, 2.05) is 0 Å². The topological polar surface area (TPSA) is 81.4 Å². The first kappa shape index (κ1) is 16.3. The molecular weight excluding hydrogens is 308 g/mol. The Hall–Kier alpha value is -0.730. The van der Waals surface area contributed by atoms with Crippen LogP contribution in [0.5, 0.6) is 0 Å². The second-order valence-corrected chi connectivity index (χ2v) is 6.34. The maximum absolute atomic E-state index is 12.0. The molecule has 19 heavy (non-hydrogen) atoms. The van der Waals surface area contributed by atoms with Crippen molar-refractivity contribution in [1.82, 2.24) is 4.72 Å². The predicted octanol–water partition coefficient (Wildman–Crippen LogP) is 1.29. The molecule has 0 spiro atoms. The first-order valence-corrected chi connectivity index (χ1v) is 7.73. The van der Waals surface area contributed by atoms with Crippen LogP contribution in [0, 0.1) is 0 Å². The SMILES string of the molecule is COCCCNS(=O)(=O)c1ccc(C(N)=S)cc1Cl. The van der Waals surface area contributed by atoms with Crippen molar-refractivity contribution in [2.75, 3.05) is 20.3 Å². The van der Waals surface area contributed by atoms with Crippen molar-refractivity contribution < 1.29 is 13.2 Å². The van der Waals surface area contributed by atoms with E-state index >= 15 is 0 Å². The number of nitrogens with two attached hydrogens (primary N) is 1. The van der Waals surface area contributed by atoms with Crippen molar-refractivity contribution in [3.05, 3.63) is 28.8 Å². The standard InChI is InChI=1S/C11H15ClN2O3S2/c1-17-6-2-5-14-19(15,16)10-4-3-8(11(13)18)7-9(10)12/h3-4,7,14H,2,5-6H2,1H3,(H2,13,18). The molecule has 0 aliphatic heterocycles. The van der Waals surface area contributed by atoms with Gasteiger partial charge in [0.15, 0.2) is 0 Å². The number of nitrogens with one attached hydrogen (secondary N) is 1. The summed E-state index contributed by atoms with van der Waals surface area (Å²) in [5, 5.41) is 0.0875. The molecule has 0 amide bonds. The van der Waals surface area contributed by atoms with Crippen molar-refractivity contribution >= 4 is 38.8 Å². The highest BCUT2D eigenvalue weighted by Crippen LogP contribution is 2.22. The number of hydrogen-bond donors (Lipinski definition) is 2. The quantitative estimate of drug-likeness (QED) is 0.584. The van der Waals surface area contributed by atoms with Gasteiger partial charge in [0.2, 0.25) is 10.0 Å². The van der Waals surface area contributed by atoms with Crippen LogP contribution in [0.15, 0.2) is 23.1 Å². The van der Waals surface area contributed by atoms with Crippen LogP contribution in [-0.2, 0) is 14.8 Å². The predicted molar refractivity (Wildman–Crippen MR) is 79.0 cm³/mol. The van der Waals surface area contributed by atoms with Crippen LogP contribution in [0.3, 0.4) is 0 Å². The summed E-state index contributed by atoms with van der Waals surface area (Å²) in [7, 11) is -2.08. The van der Waals surface area contributed by atoms with Crippen molar-refractivity contribution in [1.29, 1.82) is 0 Å². The number of hydrogen-bond acceptors (Lipinski definition) is 4. The van der Waals surface area contributed by atoms with Gasteiger partial charge < -0.3 is 10.5 Å². The van der Waals surface area contributed by atoms with Gasteiger partial charge in [-0.1, -0.05) is 29.9 Å². The number of methoxy groups -OCH3 is 1. The average Bonchev–Trinajstić information content (AvgIpc) is 2.34. The summed E-state index contributed by atoms with van der Waals surface area (Å²) in [5.41, 5.74) is 5.98. The molecule has 3 N–H and O–H groups in total. The average molecular weight is 323 g/mol. The largest absolute Gasteiger partial charge is 0.389 e. The van der Waals surface area contributed by atoms with Gasteiger partial charge in [0, 0.05) is 25.8 Å². The van der Waals surface area contributed by atoms with E-state index in [2.05, 4.69) is 4.72 Å². The third-order valence-corrected chi connectivity index (χ3v) is 4.50. The molecule has 8 heteroatoms. The lowest BCUT2D eigenvalue weighted by Gasteiger charge is -2.09. The minimum absolute atomic E-state index is 0.00610. The van der Waals surface area contributed by atoms with Gasteiger partial charge in [-0.3, -0.25) is 0 Å². The normalized spacial score (nSPS) is 11.5. The third-order valence-electron chi connectivity index (χ3n) is 2.32. The van der Waals surface area contributed by atoms with Gasteiger partial charge in [-0.2, -0.15) is 0 Å². The van der Waals surface area contributed by atoms with Crippen LogP contribution >= 0.6 is 23.8 Å². The second kappa shape index (κ2) is 7.16. The van der Waals surface area contributed by atoms with Crippen LogP contribution in [0.2, 0.25) is 5.02 Å². The molecule has 0 saturated heterocycles. The first-order chi connectivity index (χ1) is 8.88. The van der Waals surface area contributed by atoms with E-state index in [0.29, 0.717) is 18.6 Å². The van der Waals surface area contributed by atoms with Crippen LogP contribution in [0.4, 0.5) is 0 Å². The van der Waals surface area contributed by atoms with Gasteiger partial charge in [-0.15, -0.1) is 0 Å². The molecule has 0 radical (unpaired) electrons. The van der Waals surface area contributed by atoms with Gasteiger partial charge in [0.05, 0.1) is 5.02 Å². The maximum atomic E-state index is 12.0. The smallest absolute Gasteiger partial charge is 0.242 e. The van der Waals surface area contributed by atoms with E-state index in [1.165, 1.54) is 18.2 Å². The summed E-state index contributed by atoms with van der Waals surface area (Å²) in [6.07, 6.45) is 0.582. The Labute approximate surface area is 123 Å². The highest BCUT2D eigenvalue weighted by molar-refractivity contribution is 7.89. The number of benzene rings is 1. The summed E-state index contributed by atoms with van der Waals surface area (Å²) >= 11 is 10.7. The zero-order chi connectivity index (χ0) is 14.5. The highest BCUT2D eigenvalue weighted by atomic mass is 35.5. The Morgan fingerprint density at radius 2 is 2.21 bits per heavy atom. The molecule has 0 unspecified atom stereocenters. The van der Waals surface area contributed by atoms with Crippen LogP contribution in [0.25, 0.3) is 0 Å². The molecule has 0 atom stereocenters. The van der Waals surface area contributed by atoms with Gasteiger partial charge in [0.25, 0.3) is 0 Å². The lowest BCUT2D eigenvalue weighted by Crippen LogP contribution is -2.26. The molecule has 0 bridgehead atoms. The molecule has 1 aromatic rings. The fourth-order valence-electron chi connectivity index (χ4n) is 1.37. The maximum Gasteiger partial charge on any atom is 0.242 e. The third kappa shape index (κ3) is 4.70. The van der Waals surface area contributed by atoms with Gasteiger partial charge in [0.1, 0.15) is 9.88 Å². The Balaban J connectivity index is 2.87. The summed E-state index contributed by atoms with van der Waals surface area (Å²) in [4.78, 5) is 0.172. The van der Waals surface area contributed by atoms with E-state index in [1.54, 1.807) is 7.11 Å². The Bertz CT molecular complexity index is 561. The molecule has 0 aliphatic carbocycles. The Kier molecular flexibility index (Phi) is 6.15. The van der Waals surface area contributed by atoms with Crippen molar-refractivity contribution in [3.8, 4) is 0 Å². The zero-order valence-electron chi connectivity index (χ0n) is 10.3. The molecule has 1 aromatic carbocycles. The van der Waals surface area contributed by atoms with E-state index in [-0.39, 0.29) is 21.5 Å². The second-order valence-electron chi connectivity index (χ2n) is 3.75. The molecule has 0 aliphatic rings. The number of halogens is 1. The molecule has 0 aromatic heterocycles. The number of thiocarbonyl (C=S) groups is 1. The Morgan fingerprint density at radius 1 is 1.53 bits per heavy atom. The fourth-order valence-corrected chi connectivity index (χ4v) is 3.12. The molecular formula is C11H15ClN2O3S2. The molecule has 0 fully saturated rings. The monoisotopic (exact) mass is 322 g/mol. The summed E-state index contributed by atoms with van der Waals surface area (Å²) in [5.74, 6) is 0. The first-order valence-electron chi connectivity index (χ1n) is 5.46. The van der Waals surface area contributed by atoms with Crippen molar-refractivity contribution in [3.63, 3.8) is 0 Å². The molecule has 1 rings (SSSR count). The van der Waals surface area contributed by atoms with Crippen molar-refractivity contribution in [2.24, 2.45) is 5.73 Å². The lowest BCUT2D eigenvalue weighted by atomic mass is 10.2. The fraction of sp³-hybridized carbons (Fsp3) is 0.364. The molecule has 5 nitrogen and oxygen atoms in total. The summed E-state index contributed by atoms with van der Waals surface area (Å²) in [6, 6.07) is 4.35. The van der Waals surface area contributed by atoms with E-state index in [0.717, 1.165) is 0 Å². The van der Waals surface area contributed by atoms with E-state index in [9.17, 15) is 8.42 Å².